The number of ether oxygens (including phenoxy) is 1. The smallest absolute Gasteiger partial charge is 0.217 e. The molecule has 0 saturated heterocycles. The van der Waals surface area contributed by atoms with Crippen LogP contribution in [0.1, 0.15) is 29.7 Å². The normalized spacial score (nSPS) is 17.3. The Hall–Kier alpha value is -3.87. The standard InChI is InChI=1S/C32H26NOP.C5H5.Fe/c1-5-14-24(15-6-1)30-31(25-16-7-2-8-17-25)34-32(33-30)28-22-13-23-29(28)35(26-18-9-3-10-19-26)27-20-11-4-12-21-27;1-2-4-5-3-1;/h1-22,30-31H,23H2;1-5H;/q;-1;/t30-,31+;;/m0../s1. The van der Waals surface area contributed by atoms with E-state index in [-0.39, 0.29) is 29.2 Å². The van der Waals surface area contributed by atoms with E-state index in [4.69, 9.17) is 9.73 Å². The Kier molecular flexibility index (Phi) is 9.89. The van der Waals surface area contributed by atoms with E-state index in [1.54, 1.807) is 0 Å². The fraction of sp³-hybridized carbons (Fsp3) is 0.0811. The number of hydrogen-bond acceptors (Lipinski definition) is 2. The molecule has 1 aliphatic heterocycles. The molecule has 0 saturated carbocycles. The summed E-state index contributed by atoms with van der Waals surface area (Å²) < 4.78 is 6.70. The second kappa shape index (κ2) is 14.2. The van der Waals surface area contributed by atoms with Crippen molar-refractivity contribution in [2.45, 2.75) is 18.6 Å². The zero-order valence-electron chi connectivity index (χ0n) is 22.6. The van der Waals surface area contributed by atoms with Gasteiger partial charge >= 0.3 is 0 Å². The summed E-state index contributed by atoms with van der Waals surface area (Å²) >= 11 is 0. The van der Waals surface area contributed by atoms with Gasteiger partial charge in [-0.05, 0) is 41.4 Å². The Morgan fingerprint density at radius 2 is 1.15 bits per heavy atom. The monoisotopic (exact) mass is 592 g/mol. The van der Waals surface area contributed by atoms with Crippen molar-refractivity contribution in [1.82, 2.24) is 0 Å². The molecule has 1 heterocycles. The Balaban J connectivity index is 0.000000510. The van der Waals surface area contributed by atoms with Crippen molar-refractivity contribution in [3.05, 3.63) is 186 Å². The van der Waals surface area contributed by atoms with Crippen molar-refractivity contribution < 1.29 is 21.8 Å². The van der Waals surface area contributed by atoms with Crippen LogP contribution in [0.5, 0.6) is 0 Å². The zero-order chi connectivity index (χ0) is 27.0. The van der Waals surface area contributed by atoms with Crippen LogP contribution in [0, 0.1) is 0 Å². The fourth-order valence-corrected chi connectivity index (χ4v) is 7.73. The van der Waals surface area contributed by atoms with Crippen LogP contribution in [0.25, 0.3) is 0 Å². The molecule has 0 fully saturated rings. The van der Waals surface area contributed by atoms with E-state index < -0.39 is 7.92 Å². The average Bonchev–Trinajstić information content (AvgIpc) is 3.83. The van der Waals surface area contributed by atoms with Gasteiger partial charge in [0, 0.05) is 22.6 Å². The number of nitrogens with zero attached hydrogens (tertiary/aromatic N) is 1. The first kappa shape index (κ1) is 28.7. The molecule has 1 aliphatic carbocycles. The minimum Gasteiger partial charge on any atom is -0.467 e. The van der Waals surface area contributed by atoms with Gasteiger partial charge in [0.15, 0.2) is 6.10 Å². The Bertz CT molecular complexity index is 1520. The maximum Gasteiger partial charge on any atom is 0.217 e. The van der Waals surface area contributed by atoms with Gasteiger partial charge in [0.25, 0.3) is 0 Å². The molecule has 0 N–H and O–H groups in total. The van der Waals surface area contributed by atoms with Crippen LogP contribution in [0.2, 0.25) is 0 Å². The van der Waals surface area contributed by atoms with Crippen LogP contribution < -0.4 is 10.6 Å². The first-order valence-electron chi connectivity index (χ1n) is 13.7. The van der Waals surface area contributed by atoms with E-state index in [0.717, 1.165) is 23.5 Å². The summed E-state index contributed by atoms with van der Waals surface area (Å²) in [6.07, 6.45) is 5.24. The minimum absolute atomic E-state index is 0. The van der Waals surface area contributed by atoms with E-state index in [9.17, 15) is 0 Å². The van der Waals surface area contributed by atoms with Crippen molar-refractivity contribution in [3.63, 3.8) is 0 Å². The average molecular weight is 592 g/mol. The molecule has 4 heteroatoms. The van der Waals surface area contributed by atoms with Crippen molar-refractivity contribution in [2.75, 3.05) is 0 Å². The van der Waals surface area contributed by atoms with Crippen LogP contribution in [0.15, 0.2) is 180 Å². The molecule has 0 unspecified atom stereocenters. The summed E-state index contributed by atoms with van der Waals surface area (Å²) in [5, 5.41) is 4.10. The summed E-state index contributed by atoms with van der Waals surface area (Å²) in [5.74, 6) is 0.760. The van der Waals surface area contributed by atoms with Gasteiger partial charge in [-0.3, -0.25) is 0 Å². The second-order valence-corrected chi connectivity index (χ2v) is 11.9. The van der Waals surface area contributed by atoms with Gasteiger partial charge in [-0.1, -0.05) is 133 Å². The molecule has 0 amide bonds. The predicted octanol–water partition coefficient (Wildman–Crippen LogP) is 8.65. The van der Waals surface area contributed by atoms with Gasteiger partial charge < -0.3 is 4.74 Å². The molecule has 0 spiro atoms. The molecule has 5 aromatic rings. The van der Waals surface area contributed by atoms with E-state index >= 15 is 0 Å². The van der Waals surface area contributed by atoms with Crippen LogP contribution in [-0.4, -0.2) is 5.90 Å². The maximum absolute atomic E-state index is 6.70. The Morgan fingerprint density at radius 3 is 1.66 bits per heavy atom. The second-order valence-electron chi connectivity index (χ2n) is 9.67. The third kappa shape index (κ3) is 6.72. The molecule has 5 aromatic carbocycles. The van der Waals surface area contributed by atoms with Gasteiger partial charge in [-0.2, -0.15) is 18.2 Å². The van der Waals surface area contributed by atoms with Crippen LogP contribution in [0.4, 0.5) is 0 Å². The van der Waals surface area contributed by atoms with Crippen LogP contribution >= 0.6 is 7.92 Å². The van der Waals surface area contributed by atoms with Gasteiger partial charge in [-0.25, -0.2) is 17.1 Å². The molecular formula is C37H31FeNOP-. The number of allylic oxidation sites excluding steroid dienone is 2. The molecule has 0 radical (unpaired) electrons. The molecule has 2 nitrogen and oxygen atoms in total. The maximum atomic E-state index is 6.70. The van der Waals surface area contributed by atoms with Crippen molar-refractivity contribution in [1.29, 1.82) is 0 Å². The van der Waals surface area contributed by atoms with Crippen LogP contribution in [-0.2, 0) is 21.8 Å². The first-order valence-corrected chi connectivity index (χ1v) is 15.0. The SMILES string of the molecule is C1=CC(C2=N[C@@H](c3ccccc3)[C@@H](c3ccccc3)O2)=C(P(c2ccccc2)c2ccccc2)C1.[Fe].c1cc[cH-]c1. The summed E-state index contributed by atoms with van der Waals surface area (Å²) in [6.45, 7) is 0. The number of benzene rings is 4. The Morgan fingerprint density at radius 1 is 0.634 bits per heavy atom. The summed E-state index contributed by atoms with van der Waals surface area (Å²) in [7, 11) is -0.688. The molecule has 7 rings (SSSR count). The predicted molar refractivity (Wildman–Crippen MR) is 169 cm³/mol. The molecule has 41 heavy (non-hydrogen) atoms. The molecule has 2 atom stereocenters. The summed E-state index contributed by atoms with van der Waals surface area (Å²) in [5.41, 5.74) is 3.47. The molecule has 2 aliphatic rings. The zero-order valence-corrected chi connectivity index (χ0v) is 24.6. The largest absolute Gasteiger partial charge is 0.467 e. The van der Waals surface area contributed by atoms with Crippen molar-refractivity contribution in [2.24, 2.45) is 4.99 Å². The molecule has 204 valence electrons. The van der Waals surface area contributed by atoms with E-state index in [2.05, 4.69) is 127 Å². The van der Waals surface area contributed by atoms with E-state index in [1.807, 2.05) is 36.4 Å². The minimum atomic E-state index is -0.688. The molecule has 0 aromatic heterocycles. The van der Waals surface area contributed by atoms with Crippen LogP contribution in [0.3, 0.4) is 0 Å². The Labute approximate surface area is 254 Å². The molecular weight excluding hydrogens is 561 g/mol. The molecule has 0 bridgehead atoms. The van der Waals surface area contributed by atoms with E-state index in [1.165, 1.54) is 21.5 Å². The third-order valence-electron chi connectivity index (χ3n) is 7.04. The summed E-state index contributed by atoms with van der Waals surface area (Å²) in [4.78, 5) is 5.21. The van der Waals surface area contributed by atoms with Crippen molar-refractivity contribution in [3.8, 4) is 0 Å². The number of rotatable bonds is 6. The number of hydrogen-bond donors (Lipinski definition) is 0. The van der Waals surface area contributed by atoms with Gasteiger partial charge in [0.05, 0.1) is 0 Å². The van der Waals surface area contributed by atoms with Gasteiger partial charge in [-0.15, -0.1) is 0 Å². The quantitative estimate of drug-likeness (QED) is 0.110. The van der Waals surface area contributed by atoms with E-state index in [0.29, 0.717) is 0 Å². The summed E-state index contributed by atoms with van der Waals surface area (Å²) in [6, 6.07) is 52.6. The number of aliphatic imine (C=N–C) groups is 1. The van der Waals surface area contributed by atoms with Gasteiger partial charge in [0.1, 0.15) is 6.04 Å². The third-order valence-corrected chi connectivity index (χ3v) is 9.63. The van der Waals surface area contributed by atoms with Crippen molar-refractivity contribution >= 4 is 24.4 Å². The first-order chi connectivity index (χ1) is 19.9. The van der Waals surface area contributed by atoms with Gasteiger partial charge in [0.2, 0.25) is 5.90 Å². The fourth-order valence-electron chi connectivity index (χ4n) is 5.17. The topological polar surface area (TPSA) is 21.6 Å².